The van der Waals surface area contributed by atoms with Gasteiger partial charge in [-0.2, -0.15) is 5.10 Å². The van der Waals surface area contributed by atoms with E-state index in [1.807, 2.05) is 13.8 Å². The number of carbonyl (C=O) groups is 2. The molecule has 2 rings (SSSR count). The van der Waals surface area contributed by atoms with Crippen molar-refractivity contribution in [2.75, 3.05) is 0 Å². The first-order valence-electron chi connectivity index (χ1n) is 6.45. The van der Waals surface area contributed by atoms with E-state index in [4.69, 9.17) is 0 Å². The average Bonchev–Trinajstić information content (AvgIpc) is 2.73. The second-order valence-corrected chi connectivity index (χ2v) is 4.85. The van der Waals surface area contributed by atoms with E-state index in [2.05, 4.69) is 15.4 Å². The van der Waals surface area contributed by atoms with Gasteiger partial charge in [0.2, 0.25) is 11.8 Å². The van der Waals surface area contributed by atoms with Gasteiger partial charge in [0.05, 0.1) is 6.54 Å². The maximum absolute atomic E-state index is 12.4. The highest BCUT2D eigenvalue weighted by Crippen LogP contribution is 2.15. The van der Waals surface area contributed by atoms with E-state index in [0.29, 0.717) is 25.2 Å². The summed E-state index contributed by atoms with van der Waals surface area (Å²) in [7, 11) is 1.79. The summed E-state index contributed by atoms with van der Waals surface area (Å²) in [5, 5.41) is 6.75. The molecule has 1 aromatic heterocycles. The van der Waals surface area contributed by atoms with Crippen LogP contribution in [0.15, 0.2) is 6.33 Å². The van der Waals surface area contributed by atoms with Crippen LogP contribution in [0.3, 0.4) is 0 Å². The van der Waals surface area contributed by atoms with Crippen LogP contribution >= 0.6 is 0 Å². The minimum Gasteiger partial charge on any atom is -0.344 e. The largest absolute Gasteiger partial charge is 0.344 e. The Hall–Kier alpha value is -1.92. The number of amides is 2. The number of hydrogen-bond acceptors (Lipinski definition) is 4. The molecule has 0 bridgehead atoms. The van der Waals surface area contributed by atoms with Crippen molar-refractivity contribution in [2.24, 2.45) is 7.05 Å². The Morgan fingerprint density at radius 3 is 2.79 bits per heavy atom. The Balaban J connectivity index is 2.22. The molecule has 0 aliphatic carbocycles. The molecule has 1 aliphatic heterocycles. The number of rotatable bonds is 3. The van der Waals surface area contributed by atoms with Gasteiger partial charge in [0.1, 0.15) is 18.2 Å². The first-order valence-corrected chi connectivity index (χ1v) is 6.45. The highest BCUT2D eigenvalue weighted by molar-refractivity contribution is 5.90. The van der Waals surface area contributed by atoms with Crippen molar-refractivity contribution in [3.05, 3.63) is 12.2 Å². The van der Waals surface area contributed by atoms with Gasteiger partial charge in [0.25, 0.3) is 0 Å². The zero-order chi connectivity index (χ0) is 14.0. The van der Waals surface area contributed by atoms with Crippen molar-refractivity contribution in [1.29, 1.82) is 0 Å². The molecule has 2 atom stereocenters. The van der Waals surface area contributed by atoms with Gasteiger partial charge in [0.15, 0.2) is 0 Å². The molecule has 1 fully saturated rings. The van der Waals surface area contributed by atoms with Crippen LogP contribution in [0.4, 0.5) is 0 Å². The van der Waals surface area contributed by atoms with Crippen LogP contribution in [0.25, 0.3) is 0 Å². The summed E-state index contributed by atoms with van der Waals surface area (Å²) in [5.41, 5.74) is 0. The summed E-state index contributed by atoms with van der Waals surface area (Å²) in [4.78, 5) is 30.0. The summed E-state index contributed by atoms with van der Waals surface area (Å²) < 4.78 is 1.64. The molecule has 0 aromatic carbocycles. The molecule has 2 amide bonds. The van der Waals surface area contributed by atoms with Gasteiger partial charge < -0.3 is 10.2 Å². The molecular weight excluding hydrogens is 246 g/mol. The van der Waals surface area contributed by atoms with Crippen molar-refractivity contribution in [2.45, 2.75) is 45.3 Å². The van der Waals surface area contributed by atoms with Crippen LogP contribution in [0.5, 0.6) is 0 Å². The molecule has 1 aliphatic rings. The van der Waals surface area contributed by atoms with E-state index in [-0.39, 0.29) is 17.9 Å². The Morgan fingerprint density at radius 2 is 2.21 bits per heavy atom. The molecule has 104 valence electrons. The minimum absolute atomic E-state index is 0.0520. The van der Waals surface area contributed by atoms with Gasteiger partial charge >= 0.3 is 0 Å². The van der Waals surface area contributed by atoms with Gasteiger partial charge in [0, 0.05) is 19.5 Å². The summed E-state index contributed by atoms with van der Waals surface area (Å²) in [6.07, 6.45) is 2.37. The molecule has 2 unspecified atom stereocenters. The molecule has 7 nitrogen and oxygen atoms in total. The van der Waals surface area contributed by atoms with Gasteiger partial charge in [-0.15, -0.1) is 0 Å². The van der Waals surface area contributed by atoms with Crippen LogP contribution in [0.1, 0.15) is 32.5 Å². The number of aromatic nitrogens is 3. The smallest absolute Gasteiger partial charge is 0.245 e. The minimum atomic E-state index is -0.439. The number of nitrogens with one attached hydrogen (secondary N) is 1. The molecule has 0 spiro atoms. The fourth-order valence-corrected chi connectivity index (χ4v) is 2.24. The third-order valence-corrected chi connectivity index (χ3v) is 3.45. The van der Waals surface area contributed by atoms with E-state index in [1.54, 1.807) is 16.6 Å². The van der Waals surface area contributed by atoms with Crippen LogP contribution in [0.2, 0.25) is 0 Å². The van der Waals surface area contributed by atoms with E-state index < -0.39 is 6.04 Å². The van der Waals surface area contributed by atoms with E-state index in [0.717, 1.165) is 0 Å². The molecule has 1 saturated heterocycles. The molecule has 0 radical (unpaired) electrons. The van der Waals surface area contributed by atoms with Gasteiger partial charge in [-0.1, -0.05) is 6.92 Å². The van der Waals surface area contributed by atoms with Crippen LogP contribution in [-0.2, 0) is 23.2 Å². The van der Waals surface area contributed by atoms with Crippen molar-refractivity contribution >= 4 is 11.8 Å². The second kappa shape index (κ2) is 5.38. The summed E-state index contributed by atoms with van der Waals surface area (Å²) in [6, 6.07) is -0.577. The van der Waals surface area contributed by atoms with E-state index in [1.165, 1.54) is 6.33 Å². The number of nitrogens with zero attached hydrogens (tertiary/aromatic N) is 4. The van der Waals surface area contributed by atoms with Crippen LogP contribution in [0, 0.1) is 0 Å². The Labute approximate surface area is 112 Å². The van der Waals surface area contributed by atoms with Crippen molar-refractivity contribution in [3.63, 3.8) is 0 Å². The number of aryl methyl sites for hydroxylation is 1. The number of carbonyl (C=O) groups excluding carboxylic acids is 2. The lowest BCUT2D eigenvalue weighted by atomic mass is 10.1. The molecule has 2 heterocycles. The number of hydrogen-bond donors (Lipinski definition) is 1. The van der Waals surface area contributed by atoms with Crippen LogP contribution < -0.4 is 5.32 Å². The predicted octanol–water partition coefficient (Wildman–Crippen LogP) is -0.169. The van der Waals surface area contributed by atoms with Gasteiger partial charge in [-0.05, 0) is 13.3 Å². The lowest BCUT2D eigenvalue weighted by molar-refractivity contribution is -0.135. The fraction of sp³-hybridized carbons (Fsp3) is 0.667. The monoisotopic (exact) mass is 265 g/mol. The fourth-order valence-electron chi connectivity index (χ4n) is 2.24. The highest BCUT2D eigenvalue weighted by Gasteiger charge is 2.33. The highest BCUT2D eigenvalue weighted by atomic mass is 16.2. The third-order valence-electron chi connectivity index (χ3n) is 3.45. The summed E-state index contributed by atoms with van der Waals surface area (Å²) in [6.45, 7) is 4.15. The maximum atomic E-state index is 12.4. The molecule has 7 heteroatoms. The van der Waals surface area contributed by atoms with E-state index in [9.17, 15) is 9.59 Å². The zero-order valence-corrected chi connectivity index (χ0v) is 11.5. The van der Waals surface area contributed by atoms with Gasteiger partial charge in [-0.25, -0.2) is 4.98 Å². The Bertz CT molecular complexity index is 484. The summed E-state index contributed by atoms with van der Waals surface area (Å²) in [5.74, 6) is 0.585. The van der Waals surface area contributed by atoms with E-state index >= 15 is 0 Å². The predicted molar refractivity (Wildman–Crippen MR) is 67.9 cm³/mol. The maximum Gasteiger partial charge on any atom is 0.245 e. The Morgan fingerprint density at radius 1 is 1.47 bits per heavy atom. The average molecular weight is 265 g/mol. The second-order valence-electron chi connectivity index (χ2n) is 4.85. The SMILES string of the molecule is CCC1NC(=O)CC(C)N(Cc2ncnn2C)C1=O. The zero-order valence-electron chi connectivity index (χ0n) is 11.5. The molecule has 1 aromatic rings. The first kappa shape index (κ1) is 13.5. The molecular formula is C12H19N5O2. The van der Waals surface area contributed by atoms with Crippen LogP contribution in [-0.4, -0.2) is 43.6 Å². The third kappa shape index (κ3) is 2.74. The van der Waals surface area contributed by atoms with Crippen molar-refractivity contribution in [1.82, 2.24) is 25.0 Å². The van der Waals surface area contributed by atoms with Crippen molar-refractivity contribution < 1.29 is 9.59 Å². The van der Waals surface area contributed by atoms with Gasteiger partial charge in [-0.3, -0.25) is 14.3 Å². The first-order chi connectivity index (χ1) is 9.02. The topological polar surface area (TPSA) is 80.1 Å². The summed E-state index contributed by atoms with van der Waals surface area (Å²) >= 11 is 0. The molecule has 1 N–H and O–H groups in total. The lowest BCUT2D eigenvalue weighted by Crippen LogP contribution is -2.46. The van der Waals surface area contributed by atoms with Crippen molar-refractivity contribution in [3.8, 4) is 0 Å². The molecule has 19 heavy (non-hydrogen) atoms. The normalized spacial score (nSPS) is 24.3. The Kier molecular flexibility index (Phi) is 3.82. The standard InChI is InChI=1S/C12H19N5O2/c1-4-9-12(19)17(8(2)5-11(18)15-9)6-10-13-7-14-16(10)3/h7-9H,4-6H2,1-3H3,(H,15,18). The lowest BCUT2D eigenvalue weighted by Gasteiger charge is -2.27. The quantitative estimate of drug-likeness (QED) is 0.823. The molecule has 0 saturated carbocycles.